The molecule has 100 valence electrons. The van der Waals surface area contributed by atoms with Crippen molar-refractivity contribution in [2.45, 2.75) is 33.6 Å². The highest BCUT2D eigenvalue weighted by atomic mass is 16.5. The fourth-order valence-corrected chi connectivity index (χ4v) is 1.83. The van der Waals surface area contributed by atoms with Crippen molar-refractivity contribution < 1.29 is 4.74 Å². The quantitative estimate of drug-likeness (QED) is 0.853. The third-order valence-corrected chi connectivity index (χ3v) is 2.99. The molecule has 0 aliphatic heterocycles. The third-order valence-electron chi connectivity index (χ3n) is 2.99. The number of benzene rings is 1. The summed E-state index contributed by atoms with van der Waals surface area (Å²) in [5, 5.41) is 0. The molecule has 0 spiro atoms. The van der Waals surface area contributed by atoms with Gasteiger partial charge in [0, 0.05) is 17.6 Å². The smallest absolute Gasteiger partial charge is 0.322 e. The Morgan fingerprint density at radius 3 is 2.58 bits per heavy atom. The van der Waals surface area contributed by atoms with Gasteiger partial charge in [-0.3, -0.25) is 0 Å². The predicted molar refractivity (Wildman–Crippen MR) is 76.5 cm³/mol. The van der Waals surface area contributed by atoms with E-state index in [4.69, 9.17) is 10.5 Å². The maximum atomic E-state index is 5.96. The van der Waals surface area contributed by atoms with Crippen molar-refractivity contribution in [2.75, 3.05) is 5.73 Å². The second-order valence-electron chi connectivity index (χ2n) is 4.98. The minimum absolute atomic E-state index is 0.322. The van der Waals surface area contributed by atoms with Crippen LogP contribution < -0.4 is 10.5 Å². The normalized spacial score (nSPS) is 10.8. The van der Waals surface area contributed by atoms with Crippen molar-refractivity contribution in [1.82, 2.24) is 9.97 Å². The van der Waals surface area contributed by atoms with Gasteiger partial charge >= 0.3 is 6.01 Å². The first-order valence-corrected chi connectivity index (χ1v) is 6.35. The minimum Gasteiger partial charge on any atom is -0.424 e. The zero-order valence-electron chi connectivity index (χ0n) is 11.8. The number of nitrogens with two attached hydrogens (primary N) is 1. The number of rotatable bonds is 3. The zero-order chi connectivity index (χ0) is 14.0. The molecule has 0 atom stereocenters. The Morgan fingerprint density at radius 1 is 1.21 bits per heavy atom. The number of aryl methyl sites for hydroxylation is 2. The largest absolute Gasteiger partial charge is 0.424 e. The van der Waals surface area contributed by atoms with E-state index in [9.17, 15) is 0 Å². The lowest BCUT2D eigenvalue weighted by Crippen LogP contribution is -2.00. The number of nitrogen functional groups attached to an aromatic ring is 1. The molecule has 0 saturated heterocycles. The standard InChI is InChI=1S/C15H19N3O/c1-9(2)12-8-13(16)10(3)7-14(12)19-15-17-6-5-11(4)18-15/h5-9H,16H2,1-4H3. The average molecular weight is 257 g/mol. The van der Waals surface area contributed by atoms with E-state index in [-0.39, 0.29) is 0 Å². The molecule has 0 unspecified atom stereocenters. The molecule has 0 aliphatic carbocycles. The van der Waals surface area contributed by atoms with Crippen molar-refractivity contribution >= 4 is 5.69 Å². The molecule has 0 radical (unpaired) electrons. The summed E-state index contributed by atoms with van der Waals surface area (Å²) in [4.78, 5) is 8.38. The number of hydrogen-bond donors (Lipinski definition) is 1. The van der Waals surface area contributed by atoms with Crippen LogP contribution in [0.4, 0.5) is 5.69 Å². The highest BCUT2D eigenvalue weighted by Crippen LogP contribution is 2.33. The maximum absolute atomic E-state index is 5.96. The number of hydrogen-bond acceptors (Lipinski definition) is 4. The Balaban J connectivity index is 2.41. The van der Waals surface area contributed by atoms with Gasteiger partial charge in [-0.25, -0.2) is 9.97 Å². The van der Waals surface area contributed by atoms with E-state index in [1.54, 1.807) is 6.20 Å². The van der Waals surface area contributed by atoms with Crippen LogP contribution in [-0.2, 0) is 0 Å². The van der Waals surface area contributed by atoms with E-state index in [2.05, 4.69) is 23.8 Å². The topological polar surface area (TPSA) is 61.0 Å². The van der Waals surface area contributed by atoms with Crippen molar-refractivity contribution in [1.29, 1.82) is 0 Å². The first-order chi connectivity index (χ1) is 8.97. The van der Waals surface area contributed by atoms with Gasteiger partial charge in [0.2, 0.25) is 0 Å². The zero-order valence-corrected chi connectivity index (χ0v) is 11.8. The van der Waals surface area contributed by atoms with Gasteiger partial charge in [-0.15, -0.1) is 0 Å². The average Bonchev–Trinajstić information content (AvgIpc) is 2.33. The molecule has 0 fully saturated rings. The molecule has 4 heteroatoms. The summed E-state index contributed by atoms with van der Waals surface area (Å²) in [6.45, 7) is 8.08. The van der Waals surface area contributed by atoms with Gasteiger partial charge < -0.3 is 10.5 Å². The SMILES string of the molecule is Cc1ccnc(Oc2cc(C)c(N)cc2C(C)C)n1. The van der Waals surface area contributed by atoms with Gasteiger partial charge in [-0.2, -0.15) is 0 Å². The number of anilines is 1. The van der Waals surface area contributed by atoms with Crippen LogP contribution in [0.3, 0.4) is 0 Å². The number of aromatic nitrogens is 2. The van der Waals surface area contributed by atoms with Crippen LogP contribution in [0.15, 0.2) is 24.4 Å². The van der Waals surface area contributed by atoms with Crippen molar-refractivity contribution in [3.8, 4) is 11.8 Å². The van der Waals surface area contributed by atoms with E-state index >= 15 is 0 Å². The van der Waals surface area contributed by atoms with E-state index in [0.29, 0.717) is 11.9 Å². The Morgan fingerprint density at radius 2 is 1.95 bits per heavy atom. The second kappa shape index (κ2) is 5.26. The molecule has 1 aromatic heterocycles. The van der Waals surface area contributed by atoms with Crippen LogP contribution in [0.5, 0.6) is 11.8 Å². The Bertz CT molecular complexity index is 594. The lowest BCUT2D eigenvalue weighted by molar-refractivity contribution is 0.432. The van der Waals surface area contributed by atoms with Gasteiger partial charge in [-0.05, 0) is 49.1 Å². The van der Waals surface area contributed by atoms with Crippen LogP contribution in [0, 0.1) is 13.8 Å². The molecule has 0 bridgehead atoms. The number of nitrogens with zero attached hydrogens (tertiary/aromatic N) is 2. The van der Waals surface area contributed by atoms with Crippen molar-refractivity contribution in [3.05, 3.63) is 41.2 Å². The Labute approximate surface area is 113 Å². The fourth-order valence-electron chi connectivity index (χ4n) is 1.83. The van der Waals surface area contributed by atoms with Gasteiger partial charge in [-0.1, -0.05) is 13.8 Å². The molecule has 1 heterocycles. The fraction of sp³-hybridized carbons (Fsp3) is 0.333. The van der Waals surface area contributed by atoms with Gasteiger partial charge in [0.05, 0.1) is 0 Å². The Kier molecular flexibility index (Phi) is 3.69. The predicted octanol–water partition coefficient (Wildman–Crippen LogP) is 3.59. The summed E-state index contributed by atoms with van der Waals surface area (Å²) in [7, 11) is 0. The van der Waals surface area contributed by atoms with E-state index in [1.807, 2.05) is 32.0 Å². The monoisotopic (exact) mass is 257 g/mol. The lowest BCUT2D eigenvalue weighted by atomic mass is 9.99. The Hall–Kier alpha value is -2.10. The highest BCUT2D eigenvalue weighted by Gasteiger charge is 2.12. The van der Waals surface area contributed by atoms with Crippen LogP contribution in [0.25, 0.3) is 0 Å². The molecular weight excluding hydrogens is 238 g/mol. The molecule has 0 saturated carbocycles. The second-order valence-corrected chi connectivity index (χ2v) is 4.98. The lowest BCUT2D eigenvalue weighted by Gasteiger charge is -2.15. The molecule has 2 rings (SSSR count). The molecule has 0 amide bonds. The van der Waals surface area contributed by atoms with Crippen LogP contribution >= 0.6 is 0 Å². The summed E-state index contributed by atoms with van der Waals surface area (Å²) in [6.07, 6.45) is 1.69. The summed E-state index contributed by atoms with van der Waals surface area (Å²) < 4.78 is 5.81. The van der Waals surface area contributed by atoms with Gasteiger partial charge in [0.25, 0.3) is 0 Å². The first-order valence-electron chi connectivity index (χ1n) is 6.35. The van der Waals surface area contributed by atoms with Gasteiger partial charge in [0.1, 0.15) is 5.75 Å². The third kappa shape index (κ3) is 3.02. The summed E-state index contributed by atoms with van der Waals surface area (Å²) in [5.41, 5.74) is 9.67. The van der Waals surface area contributed by atoms with Crippen LogP contribution in [0.2, 0.25) is 0 Å². The molecule has 4 nitrogen and oxygen atoms in total. The summed E-state index contributed by atoms with van der Waals surface area (Å²) in [6, 6.07) is 6.11. The maximum Gasteiger partial charge on any atom is 0.322 e. The van der Waals surface area contributed by atoms with E-state index in [1.165, 1.54) is 0 Å². The summed E-state index contributed by atoms with van der Waals surface area (Å²) >= 11 is 0. The van der Waals surface area contributed by atoms with Crippen LogP contribution in [-0.4, -0.2) is 9.97 Å². The van der Waals surface area contributed by atoms with E-state index in [0.717, 1.165) is 28.3 Å². The first kappa shape index (κ1) is 13.3. The molecule has 0 aliphatic rings. The summed E-state index contributed by atoms with van der Waals surface area (Å²) in [5.74, 6) is 1.09. The van der Waals surface area contributed by atoms with Gasteiger partial charge in [0.15, 0.2) is 0 Å². The minimum atomic E-state index is 0.322. The molecule has 1 aromatic carbocycles. The van der Waals surface area contributed by atoms with E-state index < -0.39 is 0 Å². The molecular formula is C15H19N3O. The molecule has 2 N–H and O–H groups in total. The van der Waals surface area contributed by atoms with Crippen molar-refractivity contribution in [3.63, 3.8) is 0 Å². The highest BCUT2D eigenvalue weighted by molar-refractivity contribution is 5.55. The molecule has 2 aromatic rings. The molecule has 19 heavy (non-hydrogen) atoms. The van der Waals surface area contributed by atoms with Crippen LogP contribution in [0.1, 0.15) is 36.6 Å². The number of ether oxygens (including phenoxy) is 1. The van der Waals surface area contributed by atoms with Crippen molar-refractivity contribution in [2.24, 2.45) is 0 Å².